The van der Waals surface area contributed by atoms with Crippen LogP contribution >= 0.6 is 11.6 Å². The van der Waals surface area contributed by atoms with Gasteiger partial charge in [0.15, 0.2) is 0 Å². The van der Waals surface area contributed by atoms with E-state index in [0.29, 0.717) is 16.3 Å². The van der Waals surface area contributed by atoms with Crippen LogP contribution in [0.5, 0.6) is 0 Å². The minimum Gasteiger partial charge on any atom is -0.312 e. The molecule has 7 heteroatoms. The highest BCUT2D eigenvalue weighted by Crippen LogP contribution is 2.27. The van der Waals surface area contributed by atoms with E-state index in [1.54, 1.807) is 36.4 Å². The maximum Gasteiger partial charge on any atom is 0.269 e. The van der Waals surface area contributed by atoms with Gasteiger partial charge >= 0.3 is 0 Å². The Labute approximate surface area is 162 Å². The number of benzene rings is 2. The summed E-state index contributed by atoms with van der Waals surface area (Å²) in [7, 11) is 0. The van der Waals surface area contributed by atoms with Gasteiger partial charge in [-0.2, -0.15) is 0 Å². The number of carbonyl (C=O) groups excluding carboxylic acids is 3. The fourth-order valence-corrected chi connectivity index (χ4v) is 3.15. The van der Waals surface area contributed by atoms with E-state index in [-0.39, 0.29) is 18.9 Å². The van der Waals surface area contributed by atoms with Crippen molar-refractivity contribution in [2.45, 2.75) is 19.8 Å². The highest BCUT2D eigenvalue weighted by atomic mass is 35.5. The van der Waals surface area contributed by atoms with Gasteiger partial charge in [0.1, 0.15) is 0 Å². The lowest BCUT2D eigenvalue weighted by atomic mass is 10.1. The average molecular weight is 386 g/mol. The van der Waals surface area contributed by atoms with Crippen LogP contribution in [-0.4, -0.2) is 24.3 Å². The zero-order chi connectivity index (χ0) is 19.4. The number of amides is 3. The van der Waals surface area contributed by atoms with Crippen LogP contribution in [0.25, 0.3) is 0 Å². The van der Waals surface area contributed by atoms with Crippen molar-refractivity contribution < 1.29 is 14.4 Å². The fourth-order valence-electron chi connectivity index (χ4n) is 2.96. The number of hydrazine groups is 1. The predicted molar refractivity (Wildman–Crippen MR) is 103 cm³/mol. The summed E-state index contributed by atoms with van der Waals surface area (Å²) in [6.45, 7) is 2.27. The van der Waals surface area contributed by atoms with Crippen molar-refractivity contribution in [1.82, 2.24) is 10.9 Å². The third kappa shape index (κ3) is 4.46. The molecule has 0 aliphatic carbocycles. The van der Waals surface area contributed by atoms with Gasteiger partial charge in [-0.05, 0) is 42.3 Å². The smallest absolute Gasteiger partial charge is 0.269 e. The van der Waals surface area contributed by atoms with Crippen LogP contribution in [0.1, 0.15) is 29.3 Å². The van der Waals surface area contributed by atoms with Gasteiger partial charge in [-0.1, -0.05) is 36.7 Å². The molecule has 6 nitrogen and oxygen atoms in total. The molecule has 140 valence electrons. The number of hydrogen-bond donors (Lipinski definition) is 2. The molecule has 0 bridgehead atoms. The van der Waals surface area contributed by atoms with Gasteiger partial charge in [-0.3, -0.25) is 25.2 Å². The first-order valence-corrected chi connectivity index (χ1v) is 9.10. The summed E-state index contributed by atoms with van der Waals surface area (Å²) >= 11 is 5.97. The van der Waals surface area contributed by atoms with Crippen molar-refractivity contribution in [3.8, 4) is 0 Å². The Hall–Kier alpha value is -2.86. The van der Waals surface area contributed by atoms with E-state index in [4.69, 9.17) is 11.6 Å². The second kappa shape index (κ2) is 8.22. The van der Waals surface area contributed by atoms with Crippen molar-refractivity contribution >= 4 is 35.0 Å². The van der Waals surface area contributed by atoms with E-state index in [1.807, 2.05) is 19.1 Å². The molecule has 0 spiro atoms. The molecule has 0 aromatic heterocycles. The number of carbonyl (C=O) groups is 3. The van der Waals surface area contributed by atoms with Gasteiger partial charge in [0.25, 0.3) is 5.91 Å². The molecule has 0 radical (unpaired) electrons. The van der Waals surface area contributed by atoms with Crippen molar-refractivity contribution in [3.63, 3.8) is 0 Å². The molecule has 1 fully saturated rings. The molecular formula is C20H20ClN3O3. The van der Waals surface area contributed by atoms with Crippen molar-refractivity contribution in [2.24, 2.45) is 5.92 Å². The number of hydrogen-bond acceptors (Lipinski definition) is 3. The largest absolute Gasteiger partial charge is 0.312 e. The second-order valence-corrected chi connectivity index (χ2v) is 6.82. The molecule has 1 saturated heterocycles. The van der Waals surface area contributed by atoms with Crippen LogP contribution in [0, 0.1) is 5.92 Å². The van der Waals surface area contributed by atoms with E-state index in [9.17, 15) is 14.4 Å². The summed E-state index contributed by atoms with van der Waals surface area (Å²) < 4.78 is 0. The number of anilines is 1. The van der Waals surface area contributed by atoms with Gasteiger partial charge in [-0.25, -0.2) is 0 Å². The Morgan fingerprint density at radius 1 is 1.15 bits per heavy atom. The van der Waals surface area contributed by atoms with Crippen molar-refractivity contribution in [2.75, 3.05) is 11.4 Å². The highest BCUT2D eigenvalue weighted by Gasteiger charge is 2.35. The monoisotopic (exact) mass is 385 g/mol. The van der Waals surface area contributed by atoms with Crippen LogP contribution < -0.4 is 15.8 Å². The standard InChI is InChI=1S/C20H20ClN3O3/c1-2-13-6-8-14(9-7-13)19(26)22-23-20(27)15-10-18(25)24(12-15)17-5-3-4-16(21)11-17/h3-9,11,15H,2,10,12H2,1H3,(H,22,26)(H,23,27). The summed E-state index contributed by atoms with van der Waals surface area (Å²) in [6, 6.07) is 14.1. The Morgan fingerprint density at radius 2 is 1.89 bits per heavy atom. The molecule has 3 amide bonds. The Bertz CT molecular complexity index is 867. The number of rotatable bonds is 4. The van der Waals surface area contributed by atoms with E-state index in [0.717, 1.165) is 12.0 Å². The fraction of sp³-hybridized carbons (Fsp3) is 0.250. The maximum absolute atomic E-state index is 12.3. The molecule has 1 aliphatic rings. The van der Waals surface area contributed by atoms with Crippen LogP contribution in [0.3, 0.4) is 0 Å². The molecule has 2 aromatic rings. The summed E-state index contributed by atoms with van der Waals surface area (Å²) in [5.41, 5.74) is 7.05. The lowest BCUT2D eigenvalue weighted by Gasteiger charge is -2.17. The van der Waals surface area contributed by atoms with Crippen LogP contribution in [0.4, 0.5) is 5.69 Å². The van der Waals surface area contributed by atoms with Gasteiger partial charge in [0.05, 0.1) is 5.92 Å². The molecule has 3 rings (SSSR count). The third-order valence-corrected chi connectivity index (χ3v) is 4.77. The molecule has 1 heterocycles. The average Bonchev–Trinajstić information content (AvgIpc) is 3.07. The number of nitrogens with one attached hydrogen (secondary N) is 2. The molecule has 0 saturated carbocycles. The summed E-state index contributed by atoms with van der Waals surface area (Å²) in [4.78, 5) is 38.2. The zero-order valence-corrected chi connectivity index (χ0v) is 15.6. The van der Waals surface area contributed by atoms with Gasteiger partial charge in [-0.15, -0.1) is 0 Å². The Kier molecular flexibility index (Phi) is 5.76. The predicted octanol–water partition coefficient (Wildman–Crippen LogP) is 2.72. The first kappa shape index (κ1) is 18.9. The molecule has 27 heavy (non-hydrogen) atoms. The molecule has 1 atom stereocenters. The number of aryl methyl sites for hydroxylation is 1. The first-order valence-electron chi connectivity index (χ1n) is 8.73. The van der Waals surface area contributed by atoms with Crippen LogP contribution in [0.2, 0.25) is 5.02 Å². The Morgan fingerprint density at radius 3 is 2.56 bits per heavy atom. The summed E-state index contributed by atoms with van der Waals surface area (Å²) in [5.74, 6) is -1.49. The number of nitrogens with zero attached hydrogens (tertiary/aromatic N) is 1. The highest BCUT2D eigenvalue weighted by molar-refractivity contribution is 6.31. The topological polar surface area (TPSA) is 78.5 Å². The molecule has 2 aromatic carbocycles. The lowest BCUT2D eigenvalue weighted by Crippen LogP contribution is -2.45. The third-order valence-electron chi connectivity index (χ3n) is 4.54. The maximum atomic E-state index is 12.3. The van der Waals surface area contributed by atoms with Crippen molar-refractivity contribution in [1.29, 1.82) is 0 Å². The SMILES string of the molecule is CCc1ccc(C(=O)NNC(=O)C2CC(=O)N(c3cccc(Cl)c3)C2)cc1. The molecular weight excluding hydrogens is 366 g/mol. The molecule has 2 N–H and O–H groups in total. The second-order valence-electron chi connectivity index (χ2n) is 6.38. The lowest BCUT2D eigenvalue weighted by molar-refractivity contribution is -0.126. The first-order chi connectivity index (χ1) is 13.0. The van der Waals surface area contributed by atoms with E-state index in [2.05, 4.69) is 10.9 Å². The summed E-state index contributed by atoms with van der Waals surface area (Å²) in [5, 5.41) is 0.523. The number of halogens is 1. The van der Waals surface area contributed by atoms with Crippen LogP contribution in [0.15, 0.2) is 48.5 Å². The van der Waals surface area contributed by atoms with E-state index >= 15 is 0 Å². The van der Waals surface area contributed by atoms with Gasteiger partial charge in [0.2, 0.25) is 11.8 Å². The minimum absolute atomic E-state index is 0.0828. The van der Waals surface area contributed by atoms with E-state index < -0.39 is 17.7 Å². The normalized spacial score (nSPS) is 16.3. The van der Waals surface area contributed by atoms with E-state index in [1.165, 1.54) is 4.90 Å². The minimum atomic E-state index is -0.542. The molecule has 1 unspecified atom stereocenters. The zero-order valence-electron chi connectivity index (χ0n) is 14.9. The van der Waals surface area contributed by atoms with Crippen LogP contribution in [-0.2, 0) is 16.0 Å². The quantitative estimate of drug-likeness (QED) is 0.794. The Balaban J connectivity index is 1.56. The van der Waals surface area contributed by atoms with Crippen molar-refractivity contribution in [3.05, 3.63) is 64.7 Å². The van der Waals surface area contributed by atoms with Gasteiger partial charge < -0.3 is 4.90 Å². The van der Waals surface area contributed by atoms with Gasteiger partial charge in [0, 0.05) is 29.2 Å². The summed E-state index contributed by atoms with van der Waals surface area (Å²) in [6.07, 6.45) is 0.969. The molecule has 1 aliphatic heterocycles.